The van der Waals surface area contributed by atoms with Crippen LogP contribution in [0.4, 0.5) is 0 Å². The van der Waals surface area contributed by atoms with Crippen molar-refractivity contribution in [3.8, 4) is 0 Å². The van der Waals surface area contributed by atoms with Gasteiger partial charge in [-0.2, -0.15) is 5.10 Å². The van der Waals surface area contributed by atoms with Crippen LogP contribution in [-0.2, 0) is 7.05 Å². The lowest BCUT2D eigenvalue weighted by Gasteiger charge is -2.12. The normalized spacial score (nSPS) is 13.0. The number of rotatable bonds is 7. The van der Waals surface area contributed by atoms with Gasteiger partial charge >= 0.3 is 0 Å². The third-order valence-electron chi connectivity index (χ3n) is 3.00. The second-order valence-corrected chi connectivity index (χ2v) is 4.58. The fourth-order valence-corrected chi connectivity index (χ4v) is 2.02. The van der Waals surface area contributed by atoms with Crippen LogP contribution in [0.15, 0.2) is 6.20 Å². The van der Waals surface area contributed by atoms with Gasteiger partial charge in [0.15, 0.2) is 0 Å². The van der Waals surface area contributed by atoms with E-state index >= 15 is 0 Å². The highest BCUT2D eigenvalue weighted by atomic mass is 15.3. The van der Waals surface area contributed by atoms with Crippen LogP contribution in [0, 0.1) is 6.92 Å². The molecule has 3 heteroatoms. The van der Waals surface area contributed by atoms with E-state index in [0.29, 0.717) is 6.04 Å². The molecule has 1 N–H and O–H groups in total. The van der Waals surface area contributed by atoms with Gasteiger partial charge < -0.3 is 5.32 Å². The Balaban J connectivity index is 2.29. The van der Waals surface area contributed by atoms with Crippen LogP contribution < -0.4 is 5.32 Å². The van der Waals surface area contributed by atoms with Crippen molar-refractivity contribution >= 4 is 0 Å². The highest BCUT2D eigenvalue weighted by Gasteiger charge is 2.10. The molecule has 1 unspecified atom stereocenters. The molecule has 0 amide bonds. The van der Waals surface area contributed by atoms with Gasteiger partial charge in [0.1, 0.15) is 0 Å². The fraction of sp³-hybridized carbons (Fsp3) is 0.769. The molecule has 0 saturated heterocycles. The lowest BCUT2D eigenvalue weighted by atomic mass is 10.1. The summed E-state index contributed by atoms with van der Waals surface area (Å²) in [6, 6.07) is 0.412. The minimum atomic E-state index is 0.412. The first-order valence-corrected chi connectivity index (χ1v) is 6.38. The van der Waals surface area contributed by atoms with E-state index in [9.17, 15) is 0 Å². The molecule has 0 aliphatic carbocycles. The number of aromatic nitrogens is 2. The molecule has 0 bridgehead atoms. The number of nitrogens with one attached hydrogen (secondary N) is 1. The summed E-state index contributed by atoms with van der Waals surface area (Å²) in [7, 11) is 1.98. The summed E-state index contributed by atoms with van der Waals surface area (Å²) in [4.78, 5) is 0. The summed E-state index contributed by atoms with van der Waals surface area (Å²) in [5.41, 5.74) is 2.45. The van der Waals surface area contributed by atoms with Crippen LogP contribution >= 0.6 is 0 Å². The lowest BCUT2D eigenvalue weighted by molar-refractivity contribution is 0.535. The van der Waals surface area contributed by atoms with Crippen molar-refractivity contribution in [2.24, 2.45) is 7.05 Å². The molecular weight excluding hydrogens is 198 g/mol. The van der Waals surface area contributed by atoms with Crippen LogP contribution in [0.5, 0.6) is 0 Å². The quantitative estimate of drug-likeness (QED) is 0.720. The maximum absolute atomic E-state index is 4.37. The molecule has 92 valence electrons. The van der Waals surface area contributed by atoms with E-state index in [2.05, 4.69) is 37.4 Å². The van der Waals surface area contributed by atoms with Crippen LogP contribution in [-0.4, -0.2) is 16.3 Å². The second kappa shape index (κ2) is 6.69. The predicted molar refractivity (Wildman–Crippen MR) is 68.5 cm³/mol. The van der Waals surface area contributed by atoms with Crippen molar-refractivity contribution in [1.82, 2.24) is 15.1 Å². The highest BCUT2D eigenvalue weighted by Crippen LogP contribution is 2.15. The van der Waals surface area contributed by atoms with E-state index in [1.807, 2.05) is 11.7 Å². The zero-order valence-electron chi connectivity index (χ0n) is 11.1. The molecule has 1 atom stereocenters. The maximum atomic E-state index is 4.37. The lowest BCUT2D eigenvalue weighted by Crippen LogP contribution is -2.20. The molecule has 1 aromatic rings. The van der Waals surface area contributed by atoms with Crippen LogP contribution in [0.25, 0.3) is 0 Å². The van der Waals surface area contributed by atoms with Crippen LogP contribution in [0.1, 0.15) is 56.8 Å². The average molecular weight is 223 g/mol. The molecule has 1 rings (SSSR count). The largest absolute Gasteiger partial charge is 0.310 e. The highest BCUT2D eigenvalue weighted by molar-refractivity contribution is 5.19. The molecule has 16 heavy (non-hydrogen) atoms. The van der Waals surface area contributed by atoms with Crippen molar-refractivity contribution in [3.63, 3.8) is 0 Å². The fourth-order valence-electron chi connectivity index (χ4n) is 2.02. The van der Waals surface area contributed by atoms with E-state index in [1.54, 1.807) is 0 Å². The minimum Gasteiger partial charge on any atom is -0.310 e. The zero-order valence-corrected chi connectivity index (χ0v) is 11.1. The molecule has 0 spiro atoms. The van der Waals surface area contributed by atoms with Crippen molar-refractivity contribution < 1.29 is 0 Å². The Morgan fingerprint density at radius 3 is 2.69 bits per heavy atom. The van der Waals surface area contributed by atoms with Crippen molar-refractivity contribution in [3.05, 3.63) is 17.5 Å². The topological polar surface area (TPSA) is 29.9 Å². The Morgan fingerprint density at radius 2 is 2.12 bits per heavy atom. The van der Waals surface area contributed by atoms with E-state index in [4.69, 9.17) is 0 Å². The number of hydrogen-bond acceptors (Lipinski definition) is 2. The Bertz CT molecular complexity index is 304. The third-order valence-corrected chi connectivity index (χ3v) is 3.00. The molecule has 0 saturated carbocycles. The zero-order chi connectivity index (χ0) is 12.0. The molecule has 0 radical (unpaired) electrons. The van der Waals surface area contributed by atoms with Crippen LogP contribution in [0.3, 0.4) is 0 Å². The first-order valence-electron chi connectivity index (χ1n) is 6.38. The Hall–Kier alpha value is -0.830. The Kier molecular flexibility index (Phi) is 5.53. The van der Waals surface area contributed by atoms with E-state index < -0.39 is 0 Å². The standard InChI is InChI=1S/C13H25N3/c1-5-6-7-8-9-14-11(2)13-10-16(4)15-12(13)3/h10-11,14H,5-9H2,1-4H3. The second-order valence-electron chi connectivity index (χ2n) is 4.58. The molecule has 0 aromatic carbocycles. The van der Waals surface area contributed by atoms with Crippen molar-refractivity contribution in [2.45, 2.75) is 52.5 Å². The van der Waals surface area contributed by atoms with Gasteiger partial charge in [-0.25, -0.2) is 0 Å². The molecule has 0 fully saturated rings. The predicted octanol–water partition coefficient (Wildman–Crippen LogP) is 2.96. The number of aryl methyl sites for hydroxylation is 2. The maximum Gasteiger partial charge on any atom is 0.0641 e. The summed E-state index contributed by atoms with van der Waals surface area (Å²) in [6.45, 7) is 7.64. The number of hydrogen-bond donors (Lipinski definition) is 1. The van der Waals surface area contributed by atoms with Crippen molar-refractivity contribution in [2.75, 3.05) is 6.54 Å². The summed E-state index contributed by atoms with van der Waals surface area (Å²) >= 11 is 0. The van der Waals surface area contributed by atoms with Gasteiger partial charge in [0.05, 0.1) is 5.69 Å². The molecule has 0 aliphatic rings. The van der Waals surface area contributed by atoms with E-state index in [-0.39, 0.29) is 0 Å². The third kappa shape index (κ3) is 3.97. The summed E-state index contributed by atoms with van der Waals surface area (Å²) in [5.74, 6) is 0. The molecular formula is C13H25N3. The number of nitrogens with zero attached hydrogens (tertiary/aromatic N) is 2. The molecule has 1 aromatic heterocycles. The average Bonchev–Trinajstić information content (AvgIpc) is 2.57. The smallest absolute Gasteiger partial charge is 0.0641 e. The first kappa shape index (κ1) is 13.2. The van der Waals surface area contributed by atoms with Crippen molar-refractivity contribution in [1.29, 1.82) is 0 Å². The van der Waals surface area contributed by atoms with E-state index in [0.717, 1.165) is 12.2 Å². The van der Waals surface area contributed by atoms with Gasteiger partial charge in [0, 0.05) is 24.8 Å². The SMILES string of the molecule is CCCCCCNC(C)c1cn(C)nc1C. The number of unbranched alkanes of at least 4 members (excludes halogenated alkanes) is 3. The first-order chi connectivity index (χ1) is 7.65. The summed E-state index contributed by atoms with van der Waals surface area (Å²) < 4.78 is 1.89. The summed E-state index contributed by atoms with van der Waals surface area (Å²) in [6.07, 6.45) is 7.37. The molecule has 3 nitrogen and oxygen atoms in total. The summed E-state index contributed by atoms with van der Waals surface area (Å²) in [5, 5.41) is 7.93. The minimum absolute atomic E-state index is 0.412. The van der Waals surface area contributed by atoms with Crippen LogP contribution in [0.2, 0.25) is 0 Å². The Morgan fingerprint density at radius 1 is 1.38 bits per heavy atom. The molecule has 0 aliphatic heterocycles. The molecule has 1 heterocycles. The van der Waals surface area contributed by atoms with Gasteiger partial charge in [-0.3, -0.25) is 4.68 Å². The Labute approximate surface area is 99.2 Å². The monoisotopic (exact) mass is 223 g/mol. The van der Waals surface area contributed by atoms with Gasteiger partial charge in [0.2, 0.25) is 0 Å². The van der Waals surface area contributed by atoms with Gasteiger partial charge in [-0.05, 0) is 26.8 Å². The van der Waals surface area contributed by atoms with Gasteiger partial charge in [-0.1, -0.05) is 26.2 Å². The van der Waals surface area contributed by atoms with Gasteiger partial charge in [-0.15, -0.1) is 0 Å². The van der Waals surface area contributed by atoms with Gasteiger partial charge in [0.25, 0.3) is 0 Å². The van der Waals surface area contributed by atoms with E-state index in [1.165, 1.54) is 31.2 Å².